The second-order valence-electron chi connectivity index (χ2n) is 7.56. The summed E-state index contributed by atoms with van der Waals surface area (Å²) in [6.45, 7) is 9.41. The molecule has 0 spiro atoms. The topological polar surface area (TPSA) is 58.1 Å². The number of hydrogen-bond acceptors (Lipinski definition) is 6. The van der Waals surface area contributed by atoms with Crippen LogP contribution in [0.25, 0.3) is 0 Å². The van der Waals surface area contributed by atoms with E-state index in [1.54, 1.807) is 7.11 Å². The van der Waals surface area contributed by atoms with Gasteiger partial charge in [-0.3, -0.25) is 14.8 Å². The first kappa shape index (κ1) is 21.6. The normalized spacial score (nSPS) is 18.0. The van der Waals surface area contributed by atoms with Gasteiger partial charge < -0.3 is 14.6 Å². The highest BCUT2D eigenvalue weighted by Gasteiger charge is 2.27. The predicted molar refractivity (Wildman–Crippen MR) is 114 cm³/mol. The second-order valence-corrected chi connectivity index (χ2v) is 7.56. The van der Waals surface area contributed by atoms with E-state index >= 15 is 0 Å². The van der Waals surface area contributed by atoms with Gasteiger partial charge >= 0.3 is 0 Å². The van der Waals surface area contributed by atoms with Gasteiger partial charge in [0.25, 0.3) is 0 Å². The quantitative estimate of drug-likeness (QED) is 0.700. The molecule has 0 aliphatic carbocycles. The zero-order valence-corrected chi connectivity index (χ0v) is 17.8. The van der Waals surface area contributed by atoms with Crippen molar-refractivity contribution in [3.8, 4) is 11.5 Å². The molecule has 3 rings (SSSR count). The number of ether oxygens (including phenoxy) is 2. The van der Waals surface area contributed by atoms with E-state index in [0.717, 1.165) is 62.0 Å². The maximum atomic E-state index is 9.58. The molecule has 0 bridgehead atoms. The number of aliphatic hydroxyl groups excluding tert-OH is 1. The van der Waals surface area contributed by atoms with Crippen LogP contribution in [0, 0.1) is 6.92 Å². The van der Waals surface area contributed by atoms with E-state index in [1.807, 2.05) is 26.0 Å². The average molecular weight is 400 g/mol. The summed E-state index contributed by atoms with van der Waals surface area (Å²) in [4.78, 5) is 9.56. The van der Waals surface area contributed by atoms with Crippen LogP contribution >= 0.6 is 0 Å². The molecule has 6 heteroatoms. The van der Waals surface area contributed by atoms with Crippen LogP contribution in [0.5, 0.6) is 11.5 Å². The molecule has 0 amide bonds. The molecule has 0 saturated carbocycles. The number of nitrogens with zero attached hydrogens (tertiary/aromatic N) is 3. The molecule has 1 aliphatic rings. The van der Waals surface area contributed by atoms with E-state index in [4.69, 9.17) is 9.47 Å². The summed E-state index contributed by atoms with van der Waals surface area (Å²) in [5.74, 6) is 1.56. The van der Waals surface area contributed by atoms with Crippen molar-refractivity contribution in [3.05, 3.63) is 53.3 Å². The van der Waals surface area contributed by atoms with Crippen molar-refractivity contribution < 1.29 is 14.6 Å². The molecule has 29 heavy (non-hydrogen) atoms. The number of aromatic nitrogens is 1. The lowest BCUT2D eigenvalue weighted by atomic mass is 10.1. The van der Waals surface area contributed by atoms with Crippen molar-refractivity contribution in [3.63, 3.8) is 0 Å². The molecule has 1 aromatic heterocycles. The van der Waals surface area contributed by atoms with E-state index in [2.05, 4.69) is 39.0 Å². The lowest BCUT2D eigenvalue weighted by molar-refractivity contribution is 0.0491. The summed E-state index contributed by atoms with van der Waals surface area (Å²) >= 11 is 0. The zero-order valence-electron chi connectivity index (χ0n) is 17.8. The minimum atomic E-state index is 0.202. The number of piperazine rings is 1. The van der Waals surface area contributed by atoms with E-state index in [-0.39, 0.29) is 6.61 Å². The average Bonchev–Trinajstić information content (AvgIpc) is 2.71. The summed E-state index contributed by atoms with van der Waals surface area (Å²) in [6.07, 6.45) is 0.773. The molecule has 1 atom stereocenters. The summed E-state index contributed by atoms with van der Waals surface area (Å²) in [5, 5.41) is 9.58. The van der Waals surface area contributed by atoms with Gasteiger partial charge in [0, 0.05) is 51.1 Å². The van der Waals surface area contributed by atoms with Gasteiger partial charge in [-0.2, -0.15) is 0 Å². The summed E-state index contributed by atoms with van der Waals surface area (Å²) in [6, 6.07) is 12.7. The second kappa shape index (κ2) is 10.6. The van der Waals surface area contributed by atoms with Gasteiger partial charge in [-0.15, -0.1) is 0 Å². The van der Waals surface area contributed by atoms with Crippen molar-refractivity contribution >= 4 is 0 Å². The lowest BCUT2D eigenvalue weighted by Crippen LogP contribution is -2.52. The number of aliphatic hydroxyl groups is 1. The maximum Gasteiger partial charge on any atom is 0.161 e. The van der Waals surface area contributed by atoms with Crippen molar-refractivity contribution in [1.82, 2.24) is 14.8 Å². The lowest BCUT2D eigenvalue weighted by Gasteiger charge is -2.41. The Morgan fingerprint density at radius 2 is 2.00 bits per heavy atom. The predicted octanol–water partition coefficient (Wildman–Crippen LogP) is 2.87. The molecular formula is C23H33N3O3. The van der Waals surface area contributed by atoms with Gasteiger partial charge in [0.2, 0.25) is 0 Å². The van der Waals surface area contributed by atoms with Crippen LogP contribution in [-0.4, -0.2) is 65.9 Å². The smallest absolute Gasteiger partial charge is 0.161 e. The highest BCUT2D eigenvalue weighted by molar-refractivity contribution is 5.43. The molecule has 1 saturated heterocycles. The fraction of sp³-hybridized carbons (Fsp3) is 0.522. The Morgan fingerprint density at radius 1 is 1.14 bits per heavy atom. The Bertz CT molecular complexity index is 784. The van der Waals surface area contributed by atoms with Gasteiger partial charge in [-0.05, 0) is 50.1 Å². The minimum absolute atomic E-state index is 0.202. The van der Waals surface area contributed by atoms with E-state index in [0.29, 0.717) is 12.6 Å². The molecule has 6 nitrogen and oxygen atoms in total. The third kappa shape index (κ3) is 5.92. The molecule has 1 aromatic carbocycles. The van der Waals surface area contributed by atoms with Gasteiger partial charge in [0.05, 0.1) is 19.4 Å². The molecule has 0 radical (unpaired) electrons. The number of hydrogen-bond donors (Lipinski definition) is 1. The van der Waals surface area contributed by atoms with Gasteiger partial charge in [0.1, 0.15) is 0 Å². The number of pyridine rings is 1. The highest BCUT2D eigenvalue weighted by Crippen LogP contribution is 2.29. The van der Waals surface area contributed by atoms with Crippen molar-refractivity contribution in [2.45, 2.75) is 39.4 Å². The summed E-state index contributed by atoms with van der Waals surface area (Å²) in [5.41, 5.74) is 3.35. The molecule has 158 valence electrons. The van der Waals surface area contributed by atoms with Crippen LogP contribution < -0.4 is 9.47 Å². The first-order chi connectivity index (χ1) is 14.1. The number of aryl methyl sites for hydroxylation is 1. The Hall–Kier alpha value is -2.15. The standard InChI is InChI=1S/C23H33N3O3/c1-4-29-23-14-19(8-9-22(23)28-3)15-25-11-12-26(21(17-25)10-13-27)16-20-7-5-6-18(2)24-20/h5-9,14,21,27H,4,10-13,15-17H2,1-3H3/t21-/m1/s1. The molecule has 1 aliphatic heterocycles. The third-order valence-corrected chi connectivity index (χ3v) is 5.40. The van der Waals surface area contributed by atoms with Crippen molar-refractivity contribution in [1.29, 1.82) is 0 Å². The van der Waals surface area contributed by atoms with Crippen LogP contribution in [0.3, 0.4) is 0 Å². The number of methoxy groups -OCH3 is 1. The fourth-order valence-electron chi connectivity index (χ4n) is 3.97. The maximum absolute atomic E-state index is 9.58. The zero-order chi connectivity index (χ0) is 20.6. The van der Waals surface area contributed by atoms with Crippen LogP contribution in [0.4, 0.5) is 0 Å². The highest BCUT2D eigenvalue weighted by atomic mass is 16.5. The van der Waals surface area contributed by atoms with E-state index in [9.17, 15) is 5.11 Å². The summed E-state index contributed by atoms with van der Waals surface area (Å²) in [7, 11) is 1.67. The van der Waals surface area contributed by atoms with E-state index < -0.39 is 0 Å². The molecule has 1 fully saturated rings. The van der Waals surface area contributed by atoms with Crippen LogP contribution in [0.1, 0.15) is 30.3 Å². The minimum Gasteiger partial charge on any atom is -0.493 e. The molecule has 2 heterocycles. The first-order valence-corrected chi connectivity index (χ1v) is 10.4. The number of benzene rings is 1. The molecule has 0 unspecified atom stereocenters. The Morgan fingerprint density at radius 3 is 2.72 bits per heavy atom. The largest absolute Gasteiger partial charge is 0.493 e. The van der Waals surface area contributed by atoms with Crippen molar-refractivity contribution in [2.75, 3.05) is 40.0 Å². The summed E-state index contributed by atoms with van der Waals surface area (Å²) < 4.78 is 11.1. The van der Waals surface area contributed by atoms with Crippen LogP contribution in [0.15, 0.2) is 36.4 Å². The monoisotopic (exact) mass is 399 g/mol. The molecular weight excluding hydrogens is 366 g/mol. The Labute approximate surface area is 174 Å². The van der Waals surface area contributed by atoms with E-state index in [1.165, 1.54) is 5.56 Å². The number of rotatable bonds is 9. The van der Waals surface area contributed by atoms with Crippen molar-refractivity contribution in [2.24, 2.45) is 0 Å². The van der Waals surface area contributed by atoms with Crippen LogP contribution in [0.2, 0.25) is 0 Å². The van der Waals surface area contributed by atoms with Gasteiger partial charge in [0.15, 0.2) is 11.5 Å². The molecule has 2 aromatic rings. The SMILES string of the molecule is CCOc1cc(CN2CCN(Cc3cccc(C)n3)[C@H](CCO)C2)ccc1OC. The van der Waals surface area contributed by atoms with Crippen LogP contribution in [-0.2, 0) is 13.1 Å². The van der Waals surface area contributed by atoms with Gasteiger partial charge in [-0.25, -0.2) is 0 Å². The Kier molecular flexibility index (Phi) is 7.86. The fourth-order valence-corrected chi connectivity index (χ4v) is 3.97. The van der Waals surface area contributed by atoms with Gasteiger partial charge in [-0.1, -0.05) is 12.1 Å². The first-order valence-electron chi connectivity index (χ1n) is 10.4. The third-order valence-electron chi connectivity index (χ3n) is 5.40. The Balaban J connectivity index is 1.65. The molecule has 1 N–H and O–H groups in total.